The van der Waals surface area contributed by atoms with Crippen molar-refractivity contribution in [3.05, 3.63) is 23.8 Å². The second-order valence-electron chi connectivity index (χ2n) is 9.35. The summed E-state index contributed by atoms with van der Waals surface area (Å²) in [5.41, 5.74) is 0.280. The first kappa shape index (κ1) is 18.9. The third kappa shape index (κ3) is 3.21. The quantitative estimate of drug-likeness (QED) is 0.459. The SMILES string of the molecule is CC(OC(=O)C12CC3CC(CC(Cl)(C3)C1)C2)C(=O)c1ccc2c(c1)NC(=O)CO2. The van der Waals surface area contributed by atoms with Crippen LogP contribution in [0.5, 0.6) is 5.75 Å². The molecule has 1 N–H and O–H groups in total. The third-order valence-electron chi connectivity index (χ3n) is 6.97. The van der Waals surface area contributed by atoms with Gasteiger partial charge in [0.15, 0.2) is 12.7 Å². The molecule has 1 aromatic rings. The van der Waals surface area contributed by atoms with Gasteiger partial charge in [0.25, 0.3) is 5.91 Å². The molecule has 29 heavy (non-hydrogen) atoms. The van der Waals surface area contributed by atoms with Crippen LogP contribution in [0.2, 0.25) is 0 Å². The first-order valence-corrected chi connectivity index (χ1v) is 10.6. The van der Waals surface area contributed by atoms with Crippen molar-refractivity contribution in [2.45, 2.75) is 56.4 Å². The summed E-state index contributed by atoms with van der Waals surface area (Å²) < 4.78 is 11.0. The minimum Gasteiger partial charge on any atom is -0.482 e. The zero-order valence-corrected chi connectivity index (χ0v) is 17.1. The number of nitrogens with one attached hydrogen (secondary N) is 1. The molecule has 4 bridgehead atoms. The number of esters is 1. The van der Waals surface area contributed by atoms with Crippen molar-refractivity contribution in [1.82, 2.24) is 0 Å². The molecule has 7 heteroatoms. The standard InChI is InChI=1S/C22H24ClNO5/c1-12(19(26)15-2-3-17-16(5-15)24-18(25)10-28-17)29-20(27)21-6-13-4-14(7-21)9-22(23,8-13)11-21/h2-3,5,12-14H,4,6-11H2,1H3,(H,24,25). The minimum atomic E-state index is -0.903. The Kier molecular flexibility index (Phi) is 4.21. The molecule has 1 amide bonds. The van der Waals surface area contributed by atoms with Crippen LogP contribution in [0.4, 0.5) is 5.69 Å². The van der Waals surface area contributed by atoms with Gasteiger partial charge in [0.1, 0.15) is 5.75 Å². The zero-order valence-electron chi connectivity index (χ0n) is 16.3. The molecule has 0 radical (unpaired) electrons. The Morgan fingerprint density at radius 1 is 1.24 bits per heavy atom. The van der Waals surface area contributed by atoms with Gasteiger partial charge >= 0.3 is 5.97 Å². The highest BCUT2D eigenvalue weighted by molar-refractivity contribution is 6.24. The second-order valence-corrected chi connectivity index (χ2v) is 10.2. The summed E-state index contributed by atoms with van der Waals surface area (Å²) >= 11 is 6.82. The van der Waals surface area contributed by atoms with Crippen molar-refractivity contribution in [3.63, 3.8) is 0 Å². The summed E-state index contributed by atoms with van der Waals surface area (Å²) in [6.07, 6.45) is 4.51. The van der Waals surface area contributed by atoms with E-state index in [-0.39, 0.29) is 29.1 Å². The number of carbonyl (C=O) groups is 3. The molecule has 3 atom stereocenters. The Hall–Kier alpha value is -2.08. The fourth-order valence-electron chi connectivity index (χ4n) is 6.20. The van der Waals surface area contributed by atoms with Gasteiger partial charge in [0.2, 0.25) is 5.78 Å². The lowest BCUT2D eigenvalue weighted by molar-refractivity contribution is -0.172. The van der Waals surface area contributed by atoms with Gasteiger partial charge in [-0.3, -0.25) is 14.4 Å². The molecule has 1 aromatic carbocycles. The average molecular weight is 418 g/mol. The Bertz CT molecular complexity index is 898. The van der Waals surface area contributed by atoms with Crippen molar-refractivity contribution in [3.8, 4) is 5.75 Å². The summed E-state index contributed by atoms with van der Waals surface area (Å²) in [7, 11) is 0. The predicted molar refractivity (Wildman–Crippen MR) is 106 cm³/mol. The number of ketones is 1. The number of fused-ring (bicyclic) bond motifs is 1. The molecule has 0 aromatic heterocycles. The number of anilines is 1. The lowest BCUT2D eigenvalue weighted by Gasteiger charge is -2.58. The topological polar surface area (TPSA) is 81.7 Å². The van der Waals surface area contributed by atoms with E-state index in [4.69, 9.17) is 21.1 Å². The Balaban J connectivity index is 1.31. The van der Waals surface area contributed by atoms with Crippen molar-refractivity contribution in [2.75, 3.05) is 11.9 Å². The minimum absolute atomic E-state index is 0.0412. The number of Topliss-reactive ketones (excluding diaryl/α,β-unsaturated/α-hetero) is 1. The first-order chi connectivity index (χ1) is 13.8. The van der Waals surface area contributed by atoms with Crippen LogP contribution in [0.1, 0.15) is 55.8 Å². The van der Waals surface area contributed by atoms with Gasteiger partial charge in [-0.15, -0.1) is 11.6 Å². The van der Waals surface area contributed by atoms with Gasteiger partial charge in [0, 0.05) is 10.4 Å². The van der Waals surface area contributed by atoms with Crippen molar-refractivity contribution in [2.24, 2.45) is 17.3 Å². The Labute approximate surface area is 174 Å². The van der Waals surface area contributed by atoms with E-state index in [2.05, 4.69) is 5.32 Å². The van der Waals surface area contributed by atoms with Gasteiger partial charge < -0.3 is 14.8 Å². The normalized spacial score (nSPS) is 35.3. The fourth-order valence-corrected chi connectivity index (χ4v) is 6.89. The summed E-state index contributed by atoms with van der Waals surface area (Å²) in [6, 6.07) is 4.84. The molecular weight excluding hydrogens is 394 g/mol. The highest BCUT2D eigenvalue weighted by Crippen LogP contribution is 2.64. The van der Waals surface area contributed by atoms with E-state index in [1.807, 2.05) is 0 Å². The molecule has 154 valence electrons. The molecular formula is C22H24ClNO5. The number of alkyl halides is 1. The van der Waals surface area contributed by atoms with E-state index in [9.17, 15) is 14.4 Å². The maximum atomic E-state index is 13.2. The van der Waals surface area contributed by atoms with E-state index in [0.717, 1.165) is 32.1 Å². The number of rotatable bonds is 4. The monoisotopic (exact) mass is 417 g/mol. The molecule has 6 nitrogen and oxygen atoms in total. The molecule has 0 saturated heterocycles. The molecule has 4 fully saturated rings. The van der Waals surface area contributed by atoms with E-state index >= 15 is 0 Å². The lowest BCUT2D eigenvalue weighted by Crippen LogP contribution is -2.56. The number of hydrogen-bond donors (Lipinski definition) is 1. The summed E-state index contributed by atoms with van der Waals surface area (Å²) in [5.74, 6) is 0.636. The molecule has 4 aliphatic carbocycles. The number of hydrogen-bond acceptors (Lipinski definition) is 5. The summed E-state index contributed by atoms with van der Waals surface area (Å²) in [5, 5.41) is 2.69. The first-order valence-electron chi connectivity index (χ1n) is 10.3. The highest BCUT2D eigenvalue weighted by Gasteiger charge is 2.61. The maximum absolute atomic E-state index is 13.2. The molecule has 4 saturated carbocycles. The fraction of sp³-hybridized carbons (Fsp3) is 0.591. The number of ether oxygens (including phenoxy) is 2. The van der Waals surface area contributed by atoms with Gasteiger partial charge in [-0.05, 0) is 75.5 Å². The van der Waals surface area contributed by atoms with Crippen molar-refractivity contribution >= 4 is 34.9 Å². The van der Waals surface area contributed by atoms with Crippen molar-refractivity contribution < 1.29 is 23.9 Å². The van der Waals surface area contributed by atoms with Gasteiger partial charge in [-0.1, -0.05) is 0 Å². The molecule has 1 aliphatic heterocycles. The van der Waals surface area contributed by atoms with Gasteiger partial charge in [0.05, 0.1) is 11.1 Å². The zero-order chi connectivity index (χ0) is 20.4. The van der Waals surface area contributed by atoms with Crippen LogP contribution in [0.25, 0.3) is 0 Å². The molecule has 5 aliphatic rings. The van der Waals surface area contributed by atoms with E-state index in [1.165, 1.54) is 0 Å². The van der Waals surface area contributed by atoms with Crippen LogP contribution in [0, 0.1) is 17.3 Å². The van der Waals surface area contributed by atoms with Crippen LogP contribution in [0.15, 0.2) is 18.2 Å². The summed E-state index contributed by atoms with van der Waals surface area (Å²) in [6.45, 7) is 1.56. The van der Waals surface area contributed by atoms with Gasteiger partial charge in [-0.25, -0.2) is 0 Å². The molecule has 6 rings (SSSR count). The second kappa shape index (κ2) is 6.46. The smallest absolute Gasteiger partial charge is 0.312 e. The van der Waals surface area contributed by atoms with E-state index in [1.54, 1.807) is 25.1 Å². The van der Waals surface area contributed by atoms with Crippen LogP contribution >= 0.6 is 11.6 Å². The number of amides is 1. The number of carbonyl (C=O) groups excluding carboxylic acids is 3. The van der Waals surface area contributed by atoms with Crippen LogP contribution < -0.4 is 10.1 Å². The van der Waals surface area contributed by atoms with E-state index in [0.29, 0.717) is 35.3 Å². The lowest BCUT2D eigenvalue weighted by atomic mass is 9.49. The molecule has 0 spiro atoms. The van der Waals surface area contributed by atoms with Crippen LogP contribution in [-0.4, -0.2) is 35.2 Å². The van der Waals surface area contributed by atoms with Crippen LogP contribution in [-0.2, 0) is 14.3 Å². The van der Waals surface area contributed by atoms with E-state index < -0.39 is 11.5 Å². The average Bonchev–Trinajstić information content (AvgIpc) is 2.64. The molecule has 3 unspecified atom stereocenters. The van der Waals surface area contributed by atoms with Gasteiger partial charge in [-0.2, -0.15) is 0 Å². The largest absolute Gasteiger partial charge is 0.482 e. The Morgan fingerprint density at radius 2 is 1.97 bits per heavy atom. The highest BCUT2D eigenvalue weighted by atomic mass is 35.5. The number of halogens is 1. The Morgan fingerprint density at radius 3 is 2.66 bits per heavy atom. The maximum Gasteiger partial charge on any atom is 0.312 e. The molecule has 1 heterocycles. The predicted octanol–water partition coefficient (Wildman–Crippen LogP) is 3.71. The summed E-state index contributed by atoms with van der Waals surface area (Å²) in [4.78, 5) is 37.3. The third-order valence-corrected chi connectivity index (χ3v) is 7.41. The van der Waals surface area contributed by atoms with Crippen molar-refractivity contribution in [1.29, 1.82) is 0 Å². The van der Waals surface area contributed by atoms with Crippen LogP contribution in [0.3, 0.4) is 0 Å². The number of benzene rings is 1.